The van der Waals surface area contributed by atoms with Crippen LogP contribution in [0.2, 0.25) is 0 Å². The summed E-state index contributed by atoms with van der Waals surface area (Å²) in [4.78, 5) is 4.39. The zero-order valence-corrected chi connectivity index (χ0v) is 10.5. The van der Waals surface area contributed by atoms with Crippen LogP contribution >= 0.6 is 0 Å². The van der Waals surface area contributed by atoms with E-state index < -0.39 is 5.82 Å². The number of nitrogens with zero attached hydrogens (tertiary/aromatic N) is 2. The van der Waals surface area contributed by atoms with Crippen LogP contribution in [0.15, 0.2) is 24.5 Å². The molecule has 2 aromatic rings. The summed E-state index contributed by atoms with van der Waals surface area (Å²) in [6.45, 7) is 0. The van der Waals surface area contributed by atoms with Crippen LogP contribution in [0.25, 0.3) is 5.69 Å². The van der Waals surface area contributed by atoms with E-state index in [-0.39, 0.29) is 11.4 Å². The standard InChI is InChI=1S/C14H15FN4/c15-9-4-3-7-12(13(9)14(16)17)19-8-18-10-5-1-2-6-11(10)19/h3-4,7-8H,1-2,5-6H2,(H3,16,17). The first kappa shape index (κ1) is 11.9. The highest BCUT2D eigenvalue weighted by molar-refractivity contribution is 5.98. The molecular weight excluding hydrogens is 243 g/mol. The fraction of sp³-hybridized carbons (Fsp3) is 0.286. The van der Waals surface area contributed by atoms with Gasteiger partial charge < -0.3 is 10.3 Å². The summed E-state index contributed by atoms with van der Waals surface area (Å²) < 4.78 is 15.7. The molecule has 0 bridgehead atoms. The van der Waals surface area contributed by atoms with Crippen molar-refractivity contribution in [1.82, 2.24) is 9.55 Å². The van der Waals surface area contributed by atoms with Gasteiger partial charge in [0.25, 0.3) is 0 Å². The summed E-state index contributed by atoms with van der Waals surface area (Å²) >= 11 is 0. The second-order valence-electron chi connectivity index (χ2n) is 4.76. The van der Waals surface area contributed by atoms with Crippen molar-refractivity contribution in [2.75, 3.05) is 0 Å². The van der Waals surface area contributed by atoms with Crippen molar-refractivity contribution in [2.24, 2.45) is 5.73 Å². The minimum atomic E-state index is -0.469. The molecule has 0 saturated carbocycles. The second kappa shape index (κ2) is 4.50. The molecule has 0 radical (unpaired) electrons. The number of nitrogens with two attached hydrogens (primary N) is 1. The summed E-state index contributed by atoms with van der Waals surface area (Å²) in [5.74, 6) is -0.727. The number of rotatable bonds is 2. The largest absolute Gasteiger partial charge is 0.384 e. The van der Waals surface area contributed by atoms with E-state index in [0.717, 1.165) is 37.1 Å². The molecule has 0 fully saturated rings. The molecule has 19 heavy (non-hydrogen) atoms. The number of benzene rings is 1. The molecule has 1 heterocycles. The summed E-state index contributed by atoms with van der Waals surface area (Å²) in [5, 5.41) is 7.56. The number of hydrogen-bond acceptors (Lipinski definition) is 2. The van der Waals surface area contributed by atoms with E-state index in [9.17, 15) is 4.39 Å². The minimum Gasteiger partial charge on any atom is -0.384 e. The molecule has 1 aromatic carbocycles. The number of hydrogen-bond donors (Lipinski definition) is 2. The van der Waals surface area contributed by atoms with E-state index in [2.05, 4.69) is 4.98 Å². The van der Waals surface area contributed by atoms with Crippen LogP contribution < -0.4 is 5.73 Å². The molecule has 0 amide bonds. The predicted molar refractivity (Wildman–Crippen MR) is 71.2 cm³/mol. The Balaban J connectivity index is 2.20. The maximum absolute atomic E-state index is 13.9. The number of halogens is 1. The van der Waals surface area contributed by atoms with Gasteiger partial charge in [-0.3, -0.25) is 5.41 Å². The molecule has 3 N–H and O–H groups in total. The maximum atomic E-state index is 13.9. The van der Waals surface area contributed by atoms with Gasteiger partial charge in [0.05, 0.1) is 23.3 Å². The monoisotopic (exact) mass is 258 g/mol. The molecule has 0 saturated heterocycles. The van der Waals surface area contributed by atoms with Crippen LogP contribution in [-0.4, -0.2) is 15.4 Å². The Morgan fingerprint density at radius 1 is 1.32 bits per heavy atom. The first-order valence-electron chi connectivity index (χ1n) is 6.37. The van der Waals surface area contributed by atoms with E-state index in [1.807, 2.05) is 4.57 Å². The van der Waals surface area contributed by atoms with E-state index in [1.165, 1.54) is 6.07 Å². The van der Waals surface area contributed by atoms with Crippen molar-refractivity contribution >= 4 is 5.84 Å². The predicted octanol–water partition coefficient (Wildman–Crippen LogP) is 2.17. The third-order valence-electron chi connectivity index (χ3n) is 3.55. The van der Waals surface area contributed by atoms with Crippen LogP contribution in [0, 0.1) is 11.2 Å². The van der Waals surface area contributed by atoms with E-state index in [1.54, 1.807) is 18.5 Å². The van der Waals surface area contributed by atoms with Crippen molar-refractivity contribution in [3.05, 3.63) is 47.3 Å². The lowest BCUT2D eigenvalue weighted by Gasteiger charge is -2.16. The van der Waals surface area contributed by atoms with Gasteiger partial charge in [0.2, 0.25) is 0 Å². The molecule has 98 valence electrons. The molecule has 5 heteroatoms. The van der Waals surface area contributed by atoms with Gasteiger partial charge in [-0.05, 0) is 37.8 Å². The summed E-state index contributed by atoms with van der Waals surface area (Å²) in [6, 6.07) is 4.73. The summed E-state index contributed by atoms with van der Waals surface area (Å²) in [6.07, 6.45) is 5.86. The van der Waals surface area contributed by atoms with Gasteiger partial charge in [0.15, 0.2) is 0 Å². The van der Waals surface area contributed by atoms with Crippen molar-refractivity contribution in [2.45, 2.75) is 25.7 Å². The molecule has 0 spiro atoms. The number of amidine groups is 1. The first-order chi connectivity index (χ1) is 9.18. The van der Waals surface area contributed by atoms with Crippen LogP contribution in [0.3, 0.4) is 0 Å². The topological polar surface area (TPSA) is 67.7 Å². The number of nitrogen functional groups attached to an aromatic ring is 1. The van der Waals surface area contributed by atoms with Crippen LogP contribution in [0.5, 0.6) is 0 Å². The Morgan fingerprint density at radius 3 is 2.89 bits per heavy atom. The molecule has 1 aliphatic carbocycles. The van der Waals surface area contributed by atoms with Gasteiger partial charge in [0, 0.05) is 5.69 Å². The van der Waals surface area contributed by atoms with Crippen LogP contribution in [-0.2, 0) is 12.8 Å². The Labute approximate surface area is 110 Å². The molecular formula is C14H15FN4. The van der Waals surface area contributed by atoms with Crippen LogP contribution in [0.4, 0.5) is 4.39 Å². The average molecular weight is 258 g/mol. The van der Waals surface area contributed by atoms with Crippen LogP contribution in [0.1, 0.15) is 29.8 Å². The van der Waals surface area contributed by atoms with Gasteiger partial charge in [0.1, 0.15) is 11.7 Å². The fourth-order valence-corrected chi connectivity index (χ4v) is 2.66. The van der Waals surface area contributed by atoms with Crippen molar-refractivity contribution in [1.29, 1.82) is 5.41 Å². The minimum absolute atomic E-state index is 0.147. The summed E-state index contributed by atoms with van der Waals surface area (Å²) in [5.41, 5.74) is 8.44. The zero-order chi connectivity index (χ0) is 13.4. The number of aromatic nitrogens is 2. The Morgan fingerprint density at radius 2 is 2.11 bits per heavy atom. The molecule has 0 unspecified atom stereocenters. The molecule has 1 aliphatic rings. The highest BCUT2D eigenvalue weighted by atomic mass is 19.1. The lowest BCUT2D eigenvalue weighted by molar-refractivity contribution is 0.621. The zero-order valence-electron chi connectivity index (χ0n) is 10.5. The molecule has 3 rings (SSSR count). The second-order valence-corrected chi connectivity index (χ2v) is 4.76. The molecule has 1 aromatic heterocycles. The lowest BCUT2D eigenvalue weighted by Crippen LogP contribution is -2.18. The van der Waals surface area contributed by atoms with Crippen molar-refractivity contribution < 1.29 is 4.39 Å². The average Bonchev–Trinajstić information content (AvgIpc) is 2.81. The third-order valence-corrected chi connectivity index (χ3v) is 3.55. The number of fused-ring (bicyclic) bond motifs is 1. The Kier molecular flexibility index (Phi) is 2.81. The van der Waals surface area contributed by atoms with Gasteiger partial charge in [-0.25, -0.2) is 9.37 Å². The third kappa shape index (κ3) is 1.91. The molecule has 0 aliphatic heterocycles. The molecule has 0 atom stereocenters. The first-order valence-corrected chi connectivity index (χ1v) is 6.37. The Bertz CT molecular complexity index is 645. The number of imidazole rings is 1. The van der Waals surface area contributed by atoms with Gasteiger partial charge >= 0.3 is 0 Å². The van der Waals surface area contributed by atoms with E-state index in [4.69, 9.17) is 11.1 Å². The van der Waals surface area contributed by atoms with E-state index >= 15 is 0 Å². The number of nitrogens with one attached hydrogen (secondary N) is 1. The van der Waals surface area contributed by atoms with Crippen molar-refractivity contribution in [3.8, 4) is 5.69 Å². The van der Waals surface area contributed by atoms with E-state index in [0.29, 0.717) is 5.69 Å². The highest BCUT2D eigenvalue weighted by Gasteiger charge is 2.19. The smallest absolute Gasteiger partial charge is 0.136 e. The number of aryl methyl sites for hydroxylation is 1. The van der Waals surface area contributed by atoms with Gasteiger partial charge in [-0.1, -0.05) is 6.07 Å². The highest BCUT2D eigenvalue weighted by Crippen LogP contribution is 2.25. The maximum Gasteiger partial charge on any atom is 0.136 e. The van der Waals surface area contributed by atoms with Gasteiger partial charge in [-0.15, -0.1) is 0 Å². The van der Waals surface area contributed by atoms with Crippen molar-refractivity contribution in [3.63, 3.8) is 0 Å². The molecule has 4 nitrogen and oxygen atoms in total. The fourth-order valence-electron chi connectivity index (χ4n) is 2.66. The quantitative estimate of drug-likeness (QED) is 0.640. The Hall–Kier alpha value is -2.17. The SMILES string of the molecule is N=C(N)c1c(F)cccc1-n1cnc2c1CCCC2. The summed E-state index contributed by atoms with van der Waals surface area (Å²) in [7, 11) is 0. The van der Waals surface area contributed by atoms with Gasteiger partial charge in [-0.2, -0.15) is 0 Å². The normalized spacial score (nSPS) is 14.2. The lowest BCUT2D eigenvalue weighted by atomic mass is 10.0.